The van der Waals surface area contributed by atoms with E-state index >= 15 is 0 Å². The van der Waals surface area contributed by atoms with Crippen molar-refractivity contribution in [3.8, 4) is 17.2 Å². The smallest absolute Gasteiger partial charge is 0.254 e. The molecule has 0 aromatic heterocycles. The van der Waals surface area contributed by atoms with Crippen LogP contribution >= 0.6 is 12.4 Å². The number of amides is 1. The Hall–Kier alpha value is -1.66. The summed E-state index contributed by atoms with van der Waals surface area (Å²) in [7, 11) is 0. The van der Waals surface area contributed by atoms with Crippen molar-refractivity contribution in [1.29, 1.82) is 0 Å². The number of halogens is 1. The molecule has 1 aromatic rings. The minimum absolute atomic E-state index is 0. The zero-order valence-corrected chi connectivity index (χ0v) is 16.8. The average molecular weight is 387 g/mol. The molecule has 7 heteroatoms. The molecule has 1 saturated heterocycles. The predicted octanol–water partition coefficient (Wildman–Crippen LogP) is 3.12. The topological polar surface area (TPSA) is 74.0 Å². The van der Waals surface area contributed by atoms with E-state index in [0.717, 1.165) is 19.4 Å². The van der Waals surface area contributed by atoms with Crippen molar-refractivity contribution in [2.45, 2.75) is 33.6 Å². The molecule has 0 spiro atoms. The van der Waals surface area contributed by atoms with Crippen molar-refractivity contribution in [2.75, 3.05) is 39.5 Å². The van der Waals surface area contributed by atoms with Crippen LogP contribution < -0.4 is 19.9 Å². The van der Waals surface area contributed by atoms with E-state index in [2.05, 4.69) is 0 Å². The van der Waals surface area contributed by atoms with Crippen molar-refractivity contribution >= 4 is 18.3 Å². The van der Waals surface area contributed by atoms with Crippen LogP contribution in [0.2, 0.25) is 0 Å². The normalized spacial score (nSPS) is 16.6. The van der Waals surface area contributed by atoms with E-state index in [1.54, 1.807) is 12.1 Å². The van der Waals surface area contributed by atoms with Crippen LogP contribution in [0.1, 0.15) is 44.0 Å². The maximum Gasteiger partial charge on any atom is 0.254 e. The Morgan fingerprint density at radius 1 is 1.12 bits per heavy atom. The lowest BCUT2D eigenvalue weighted by Crippen LogP contribution is -2.42. The Kier molecular flexibility index (Phi) is 9.59. The Balaban J connectivity index is 0.00000338. The molecule has 0 radical (unpaired) electrons. The first-order valence-corrected chi connectivity index (χ1v) is 9.20. The van der Waals surface area contributed by atoms with Gasteiger partial charge in [0.25, 0.3) is 5.91 Å². The molecule has 1 atom stereocenters. The lowest BCUT2D eigenvalue weighted by molar-refractivity contribution is 0.0677. The molecule has 1 aliphatic rings. The highest BCUT2D eigenvalue weighted by molar-refractivity contribution is 5.95. The molecule has 1 aliphatic heterocycles. The first-order chi connectivity index (χ1) is 12.1. The summed E-state index contributed by atoms with van der Waals surface area (Å²) in [4.78, 5) is 14.9. The second kappa shape index (κ2) is 11.1. The van der Waals surface area contributed by atoms with Crippen LogP contribution in [-0.2, 0) is 0 Å². The molecule has 0 saturated carbocycles. The van der Waals surface area contributed by atoms with Crippen molar-refractivity contribution < 1.29 is 19.0 Å². The number of piperidine rings is 1. The molecule has 0 bridgehead atoms. The number of benzene rings is 1. The largest absolute Gasteiger partial charge is 0.490 e. The van der Waals surface area contributed by atoms with Gasteiger partial charge in [0.05, 0.1) is 19.8 Å². The maximum absolute atomic E-state index is 13.0. The monoisotopic (exact) mass is 386 g/mol. The highest BCUT2D eigenvalue weighted by Gasteiger charge is 2.26. The number of nitrogens with zero attached hydrogens (tertiary/aromatic N) is 1. The van der Waals surface area contributed by atoms with Crippen LogP contribution in [0.5, 0.6) is 17.2 Å². The third kappa shape index (κ3) is 5.42. The molecule has 26 heavy (non-hydrogen) atoms. The molecule has 148 valence electrons. The zero-order valence-electron chi connectivity index (χ0n) is 16.0. The van der Waals surface area contributed by atoms with Gasteiger partial charge < -0.3 is 24.8 Å². The van der Waals surface area contributed by atoms with Crippen LogP contribution in [0.25, 0.3) is 0 Å². The number of carbonyl (C=O) groups excluding carboxylic acids is 1. The van der Waals surface area contributed by atoms with Gasteiger partial charge in [-0.3, -0.25) is 4.79 Å². The number of rotatable bonds is 8. The molecule has 1 aromatic carbocycles. The van der Waals surface area contributed by atoms with Gasteiger partial charge in [0.15, 0.2) is 11.5 Å². The molecule has 1 unspecified atom stereocenters. The van der Waals surface area contributed by atoms with Crippen LogP contribution in [0.4, 0.5) is 0 Å². The number of hydrogen-bond donors (Lipinski definition) is 1. The van der Waals surface area contributed by atoms with Gasteiger partial charge in [-0.2, -0.15) is 0 Å². The second-order valence-corrected chi connectivity index (χ2v) is 6.10. The first kappa shape index (κ1) is 22.4. The third-order valence-corrected chi connectivity index (χ3v) is 4.30. The molecule has 6 nitrogen and oxygen atoms in total. The van der Waals surface area contributed by atoms with Crippen molar-refractivity contribution in [1.82, 2.24) is 4.90 Å². The third-order valence-electron chi connectivity index (χ3n) is 4.30. The molecule has 2 N–H and O–H groups in total. The fourth-order valence-corrected chi connectivity index (χ4v) is 3.14. The molecule has 1 amide bonds. The van der Waals surface area contributed by atoms with Gasteiger partial charge >= 0.3 is 0 Å². The summed E-state index contributed by atoms with van der Waals surface area (Å²) in [6, 6.07) is 3.51. The minimum Gasteiger partial charge on any atom is -0.490 e. The van der Waals surface area contributed by atoms with Crippen LogP contribution in [0.15, 0.2) is 12.1 Å². The van der Waals surface area contributed by atoms with Gasteiger partial charge in [0.1, 0.15) is 0 Å². The Morgan fingerprint density at radius 3 is 2.19 bits per heavy atom. The van der Waals surface area contributed by atoms with Gasteiger partial charge in [-0.15, -0.1) is 12.4 Å². The van der Waals surface area contributed by atoms with Crippen molar-refractivity contribution in [3.63, 3.8) is 0 Å². The summed E-state index contributed by atoms with van der Waals surface area (Å²) in [5.74, 6) is 2.01. The van der Waals surface area contributed by atoms with Crippen LogP contribution in [-0.4, -0.2) is 50.3 Å². The quantitative estimate of drug-likeness (QED) is 0.743. The number of nitrogens with two attached hydrogens (primary N) is 1. The van der Waals surface area contributed by atoms with Gasteiger partial charge in [0.2, 0.25) is 5.75 Å². The lowest BCUT2D eigenvalue weighted by Gasteiger charge is -2.32. The summed E-state index contributed by atoms with van der Waals surface area (Å²) in [6.45, 7) is 9.27. The lowest BCUT2D eigenvalue weighted by atomic mass is 9.97. The van der Waals surface area contributed by atoms with Gasteiger partial charge in [-0.1, -0.05) is 0 Å². The molecule has 2 rings (SSSR count). The maximum atomic E-state index is 13.0. The fraction of sp³-hybridized carbons (Fsp3) is 0.632. The van der Waals surface area contributed by atoms with Crippen LogP contribution in [0.3, 0.4) is 0 Å². The standard InChI is InChI=1S/C19H30N2O4.ClH/c1-4-23-16-10-15(11-17(24-5-2)18(16)25-6-3)19(22)21-9-7-8-14(12-20)13-21;/h10-11,14H,4-9,12-13,20H2,1-3H3;1H. The predicted molar refractivity (Wildman–Crippen MR) is 105 cm³/mol. The van der Waals surface area contributed by atoms with Crippen molar-refractivity contribution in [2.24, 2.45) is 11.7 Å². The molecule has 1 heterocycles. The van der Waals surface area contributed by atoms with Crippen molar-refractivity contribution in [3.05, 3.63) is 17.7 Å². The molecule has 0 aliphatic carbocycles. The molecular weight excluding hydrogens is 356 g/mol. The van der Waals surface area contributed by atoms with E-state index in [-0.39, 0.29) is 18.3 Å². The first-order valence-electron chi connectivity index (χ1n) is 9.20. The van der Waals surface area contributed by atoms with E-state index < -0.39 is 0 Å². The van der Waals surface area contributed by atoms with E-state index in [9.17, 15) is 4.79 Å². The van der Waals surface area contributed by atoms with Gasteiger partial charge in [0, 0.05) is 18.7 Å². The summed E-state index contributed by atoms with van der Waals surface area (Å²) in [5.41, 5.74) is 6.35. The second-order valence-electron chi connectivity index (χ2n) is 6.10. The fourth-order valence-electron chi connectivity index (χ4n) is 3.14. The summed E-state index contributed by atoms with van der Waals surface area (Å²) < 4.78 is 17.1. The van der Waals surface area contributed by atoms with E-state index in [1.165, 1.54) is 0 Å². The molecule has 1 fully saturated rings. The average Bonchev–Trinajstić information content (AvgIpc) is 2.64. The number of carbonyl (C=O) groups is 1. The summed E-state index contributed by atoms with van der Waals surface area (Å²) in [5, 5.41) is 0. The number of ether oxygens (including phenoxy) is 3. The highest BCUT2D eigenvalue weighted by Crippen LogP contribution is 2.39. The Labute approximate surface area is 162 Å². The van der Waals surface area contributed by atoms with E-state index in [4.69, 9.17) is 19.9 Å². The van der Waals surface area contributed by atoms with Crippen LogP contribution in [0, 0.1) is 5.92 Å². The Bertz CT molecular complexity index is 556. The summed E-state index contributed by atoms with van der Waals surface area (Å²) >= 11 is 0. The van der Waals surface area contributed by atoms with E-state index in [1.807, 2.05) is 25.7 Å². The van der Waals surface area contributed by atoms with Gasteiger partial charge in [-0.25, -0.2) is 0 Å². The number of hydrogen-bond acceptors (Lipinski definition) is 5. The SMILES string of the molecule is CCOc1cc(C(=O)N2CCCC(CN)C2)cc(OCC)c1OCC.Cl. The minimum atomic E-state index is -0.0110. The highest BCUT2D eigenvalue weighted by atomic mass is 35.5. The summed E-state index contributed by atoms with van der Waals surface area (Å²) in [6.07, 6.45) is 2.07. The molecular formula is C19H31ClN2O4. The van der Waals surface area contributed by atoms with E-state index in [0.29, 0.717) is 61.6 Å². The zero-order chi connectivity index (χ0) is 18.2. The Morgan fingerprint density at radius 2 is 1.69 bits per heavy atom. The number of likely N-dealkylation sites (tertiary alicyclic amines) is 1. The van der Waals surface area contributed by atoms with Gasteiger partial charge in [-0.05, 0) is 58.2 Å².